The van der Waals surface area contributed by atoms with Crippen LogP contribution in [0.3, 0.4) is 0 Å². The van der Waals surface area contributed by atoms with Crippen molar-refractivity contribution in [3.63, 3.8) is 0 Å². The van der Waals surface area contributed by atoms with Gasteiger partial charge in [0.15, 0.2) is 10.9 Å². The quantitative estimate of drug-likeness (QED) is 0.557. The van der Waals surface area contributed by atoms with Crippen LogP contribution in [-0.4, -0.2) is 59.7 Å². The highest BCUT2D eigenvalue weighted by atomic mass is 32.2. The van der Waals surface area contributed by atoms with E-state index in [0.717, 1.165) is 19.3 Å². The van der Waals surface area contributed by atoms with E-state index in [1.54, 1.807) is 37.0 Å². The predicted molar refractivity (Wildman–Crippen MR) is 107 cm³/mol. The first-order valence-corrected chi connectivity index (χ1v) is 11.0. The summed E-state index contributed by atoms with van der Waals surface area (Å²) >= 11 is 0. The molecule has 1 fully saturated rings. The molecule has 2 aromatic heterocycles. The molecule has 3 aromatic rings. The van der Waals surface area contributed by atoms with Crippen LogP contribution in [0.1, 0.15) is 25.1 Å². The van der Waals surface area contributed by atoms with Crippen LogP contribution >= 0.6 is 0 Å². The Morgan fingerprint density at radius 1 is 1.07 bits per heavy atom. The average molecular weight is 433 g/mol. The topological polar surface area (TPSA) is 113 Å². The van der Waals surface area contributed by atoms with Gasteiger partial charge in [0.05, 0.1) is 27.1 Å². The van der Waals surface area contributed by atoms with E-state index in [2.05, 4.69) is 15.1 Å². The highest BCUT2D eigenvalue weighted by Gasteiger charge is 2.28. The molecule has 0 aliphatic carbocycles. The molecule has 0 atom stereocenters. The zero-order valence-corrected chi connectivity index (χ0v) is 17.6. The van der Waals surface area contributed by atoms with Crippen molar-refractivity contribution in [2.75, 3.05) is 27.3 Å². The lowest BCUT2D eigenvalue weighted by atomic mass is 10.2. The number of aromatic nitrogens is 4. The van der Waals surface area contributed by atoms with Gasteiger partial charge < -0.3 is 18.6 Å². The van der Waals surface area contributed by atoms with E-state index in [-0.39, 0.29) is 11.6 Å². The molecule has 10 nitrogen and oxygen atoms in total. The minimum absolute atomic E-state index is 0.0330. The molecule has 0 N–H and O–H groups in total. The SMILES string of the molecule is COc1cc(OC)cc(-c2nc(Cn3cnc(S(=O)(=O)N4CCCCC4)c3)no2)c1. The van der Waals surface area contributed by atoms with Crippen LogP contribution in [0.5, 0.6) is 11.5 Å². The van der Waals surface area contributed by atoms with E-state index in [0.29, 0.717) is 41.9 Å². The summed E-state index contributed by atoms with van der Waals surface area (Å²) in [7, 11) is -0.454. The van der Waals surface area contributed by atoms with Gasteiger partial charge in [0.2, 0.25) is 0 Å². The monoisotopic (exact) mass is 433 g/mol. The van der Waals surface area contributed by atoms with E-state index in [1.165, 1.54) is 16.8 Å². The van der Waals surface area contributed by atoms with Crippen molar-refractivity contribution in [1.82, 2.24) is 24.0 Å². The first kappa shape index (κ1) is 20.4. The van der Waals surface area contributed by atoms with Crippen molar-refractivity contribution in [3.8, 4) is 23.0 Å². The molecule has 4 rings (SSSR count). The lowest BCUT2D eigenvalue weighted by molar-refractivity contribution is 0.345. The first-order chi connectivity index (χ1) is 14.5. The number of hydrogen-bond acceptors (Lipinski definition) is 8. The van der Waals surface area contributed by atoms with E-state index in [4.69, 9.17) is 14.0 Å². The summed E-state index contributed by atoms with van der Waals surface area (Å²) < 4.78 is 44.5. The predicted octanol–water partition coefficient (Wildman–Crippen LogP) is 2.17. The molecule has 0 saturated carbocycles. The second-order valence-corrected chi connectivity index (χ2v) is 8.85. The largest absolute Gasteiger partial charge is 0.497 e. The molecule has 1 aromatic carbocycles. The highest BCUT2D eigenvalue weighted by Crippen LogP contribution is 2.29. The van der Waals surface area contributed by atoms with Gasteiger partial charge in [-0.2, -0.15) is 9.29 Å². The Morgan fingerprint density at radius 3 is 2.43 bits per heavy atom. The number of nitrogens with zero attached hydrogens (tertiary/aromatic N) is 5. The lowest BCUT2D eigenvalue weighted by Gasteiger charge is -2.24. The fourth-order valence-corrected chi connectivity index (χ4v) is 4.78. The molecule has 0 unspecified atom stereocenters. The van der Waals surface area contributed by atoms with Crippen LogP contribution in [-0.2, 0) is 16.6 Å². The summed E-state index contributed by atoms with van der Waals surface area (Å²) in [5, 5.41) is 4.02. The fourth-order valence-electron chi connectivity index (χ4n) is 3.33. The van der Waals surface area contributed by atoms with Gasteiger partial charge in [-0.3, -0.25) is 0 Å². The van der Waals surface area contributed by atoms with Crippen LogP contribution in [0.4, 0.5) is 0 Å². The van der Waals surface area contributed by atoms with E-state index >= 15 is 0 Å². The summed E-state index contributed by atoms with van der Waals surface area (Å²) in [5.41, 5.74) is 0.656. The molecular weight excluding hydrogens is 410 g/mol. The summed E-state index contributed by atoms with van der Waals surface area (Å²) in [6.45, 7) is 1.30. The number of imidazole rings is 1. The Hall–Kier alpha value is -2.92. The van der Waals surface area contributed by atoms with E-state index in [9.17, 15) is 8.42 Å². The summed E-state index contributed by atoms with van der Waals surface area (Å²) in [6.07, 6.45) is 5.76. The van der Waals surface area contributed by atoms with Gasteiger partial charge >= 0.3 is 0 Å². The van der Waals surface area contributed by atoms with Crippen LogP contribution in [0.2, 0.25) is 0 Å². The molecule has 1 saturated heterocycles. The molecule has 30 heavy (non-hydrogen) atoms. The minimum Gasteiger partial charge on any atom is -0.497 e. The second kappa shape index (κ2) is 8.44. The Morgan fingerprint density at radius 2 is 1.77 bits per heavy atom. The van der Waals surface area contributed by atoms with E-state index in [1.807, 2.05) is 0 Å². The van der Waals surface area contributed by atoms with Gasteiger partial charge in [0.25, 0.3) is 15.9 Å². The third-order valence-corrected chi connectivity index (χ3v) is 6.70. The normalized spacial score (nSPS) is 15.3. The van der Waals surface area contributed by atoms with Crippen molar-refractivity contribution in [2.45, 2.75) is 30.8 Å². The molecule has 1 aliphatic rings. The number of piperidine rings is 1. The molecule has 160 valence electrons. The van der Waals surface area contributed by atoms with Crippen LogP contribution in [0.15, 0.2) is 40.3 Å². The second-order valence-electron chi connectivity index (χ2n) is 6.97. The average Bonchev–Trinajstić information content (AvgIpc) is 3.44. The number of rotatable bonds is 7. The Labute approximate surface area is 174 Å². The molecule has 0 radical (unpaired) electrons. The van der Waals surface area contributed by atoms with Crippen molar-refractivity contribution in [3.05, 3.63) is 36.5 Å². The van der Waals surface area contributed by atoms with Crippen molar-refractivity contribution < 1.29 is 22.4 Å². The molecule has 1 aliphatic heterocycles. The van der Waals surface area contributed by atoms with Crippen LogP contribution in [0, 0.1) is 0 Å². The number of hydrogen-bond donors (Lipinski definition) is 0. The van der Waals surface area contributed by atoms with Crippen molar-refractivity contribution in [1.29, 1.82) is 0 Å². The molecular formula is C19H23N5O5S. The smallest absolute Gasteiger partial charge is 0.262 e. The third kappa shape index (κ3) is 4.17. The van der Waals surface area contributed by atoms with Crippen molar-refractivity contribution in [2.24, 2.45) is 0 Å². The number of ether oxygens (including phenoxy) is 2. The maximum atomic E-state index is 12.7. The number of methoxy groups -OCH3 is 2. The fraction of sp³-hybridized carbons (Fsp3) is 0.421. The van der Waals surface area contributed by atoms with Crippen LogP contribution in [0.25, 0.3) is 11.5 Å². The van der Waals surface area contributed by atoms with Crippen LogP contribution < -0.4 is 9.47 Å². The van der Waals surface area contributed by atoms with Gasteiger partial charge in [0, 0.05) is 30.9 Å². The van der Waals surface area contributed by atoms with Gasteiger partial charge in [-0.1, -0.05) is 11.6 Å². The van der Waals surface area contributed by atoms with Gasteiger partial charge in [-0.05, 0) is 25.0 Å². The Balaban J connectivity index is 1.51. The van der Waals surface area contributed by atoms with Gasteiger partial charge in [0.1, 0.15) is 11.5 Å². The standard InChI is InChI=1S/C19H23N5O5S/c1-27-15-8-14(9-16(10-15)28-2)19-21-17(22-29-19)11-23-12-18(20-13-23)30(25,26)24-6-4-3-5-7-24/h8-10,12-13H,3-7,11H2,1-2H3. The zero-order chi connectivity index (χ0) is 21.1. The first-order valence-electron chi connectivity index (χ1n) is 9.57. The summed E-state index contributed by atoms with van der Waals surface area (Å²) in [6, 6.07) is 5.28. The molecule has 0 bridgehead atoms. The molecule has 3 heterocycles. The molecule has 0 spiro atoms. The van der Waals surface area contributed by atoms with E-state index < -0.39 is 10.0 Å². The van der Waals surface area contributed by atoms with Gasteiger partial charge in [-0.25, -0.2) is 13.4 Å². The lowest BCUT2D eigenvalue weighted by Crippen LogP contribution is -2.35. The Kier molecular flexibility index (Phi) is 5.73. The number of sulfonamides is 1. The Bertz CT molecular complexity index is 1100. The molecule has 11 heteroatoms. The highest BCUT2D eigenvalue weighted by molar-refractivity contribution is 7.89. The van der Waals surface area contributed by atoms with Crippen molar-refractivity contribution >= 4 is 10.0 Å². The maximum absolute atomic E-state index is 12.7. The zero-order valence-electron chi connectivity index (χ0n) is 16.8. The minimum atomic E-state index is -3.58. The summed E-state index contributed by atoms with van der Waals surface area (Å²) in [5.74, 6) is 1.91. The molecule has 0 amide bonds. The summed E-state index contributed by atoms with van der Waals surface area (Å²) in [4.78, 5) is 8.47. The third-order valence-electron chi connectivity index (χ3n) is 4.92. The van der Waals surface area contributed by atoms with Gasteiger partial charge in [-0.15, -0.1) is 0 Å². The maximum Gasteiger partial charge on any atom is 0.262 e. The number of benzene rings is 1.